The molecule has 0 fully saturated rings. The maximum Gasteiger partial charge on any atom is 0.354 e. The Hall–Kier alpha value is -1.19. The number of fused-ring (bicyclic) bond motifs is 1. The third-order valence-electron chi connectivity index (χ3n) is 1.82. The summed E-state index contributed by atoms with van der Waals surface area (Å²) in [4.78, 5) is 14.6. The Balaban J connectivity index is 0.000000980. The Bertz CT molecular complexity index is 470. The molecule has 0 aliphatic carbocycles. The van der Waals surface area contributed by atoms with Crippen LogP contribution in [0.2, 0.25) is 0 Å². The van der Waals surface area contributed by atoms with Crippen LogP contribution in [-0.4, -0.2) is 16.1 Å². The van der Waals surface area contributed by atoms with Crippen LogP contribution < -0.4 is 0 Å². The molecule has 1 aromatic heterocycles. The molecule has 0 amide bonds. The van der Waals surface area contributed by atoms with E-state index in [0.29, 0.717) is 5.52 Å². The zero-order valence-electron chi connectivity index (χ0n) is 7.27. The molecule has 4 heteroatoms. The van der Waals surface area contributed by atoms with Gasteiger partial charge in [-0.2, -0.15) is 0 Å². The van der Waals surface area contributed by atoms with Crippen LogP contribution in [0.4, 0.5) is 0 Å². The van der Waals surface area contributed by atoms with Gasteiger partial charge < -0.3 is 5.11 Å². The third-order valence-corrected chi connectivity index (χ3v) is 1.82. The summed E-state index contributed by atoms with van der Waals surface area (Å²) in [7, 11) is 0. The van der Waals surface area contributed by atoms with Gasteiger partial charge in [0.15, 0.2) is 0 Å². The molecule has 0 saturated heterocycles. The first kappa shape index (κ1) is 10.9. The monoisotopic (exact) mass is 221 g/mol. The molecule has 0 unspecified atom stereocenters. The van der Waals surface area contributed by atoms with Crippen LogP contribution in [0.5, 0.6) is 0 Å². The molecule has 0 radical (unpaired) electrons. The third kappa shape index (κ3) is 2.00. The zero-order chi connectivity index (χ0) is 9.26. The van der Waals surface area contributed by atoms with Crippen molar-refractivity contribution in [1.29, 1.82) is 0 Å². The van der Waals surface area contributed by atoms with Crippen molar-refractivity contribution in [3.63, 3.8) is 0 Å². The second kappa shape index (κ2) is 4.35. The summed E-state index contributed by atoms with van der Waals surface area (Å²) >= 11 is 0. The Morgan fingerprint density at radius 2 is 1.86 bits per heavy atom. The summed E-state index contributed by atoms with van der Waals surface area (Å²) in [6.45, 7) is 0. The average Bonchev–Trinajstić information content (AvgIpc) is 2.17. The van der Waals surface area contributed by atoms with Gasteiger partial charge in [-0.3, -0.25) is 0 Å². The minimum Gasteiger partial charge on any atom is -0.477 e. The van der Waals surface area contributed by atoms with Crippen molar-refractivity contribution in [2.75, 3.05) is 0 Å². The first-order chi connectivity index (χ1) is 6.27. The number of benzene rings is 1. The second-order valence-electron chi connectivity index (χ2n) is 2.69. The maximum absolute atomic E-state index is 10.6. The van der Waals surface area contributed by atoms with Crippen LogP contribution in [-0.2, 0) is 21.7 Å². The number of hydrogen-bond donors (Lipinski definition) is 1. The molecule has 2 aromatic rings. The molecule has 0 spiro atoms. The van der Waals surface area contributed by atoms with Gasteiger partial charge in [-0.05, 0) is 12.1 Å². The largest absolute Gasteiger partial charge is 0.477 e. The van der Waals surface area contributed by atoms with Crippen molar-refractivity contribution in [3.8, 4) is 0 Å². The zero-order valence-corrected chi connectivity index (χ0v) is 8.83. The van der Waals surface area contributed by atoms with Crippen molar-refractivity contribution >= 4 is 16.9 Å². The van der Waals surface area contributed by atoms with Gasteiger partial charge in [0.1, 0.15) is 5.69 Å². The fourth-order valence-corrected chi connectivity index (χ4v) is 1.19. The van der Waals surface area contributed by atoms with E-state index in [0.717, 1.165) is 5.39 Å². The maximum atomic E-state index is 10.6. The van der Waals surface area contributed by atoms with Crippen molar-refractivity contribution in [2.45, 2.75) is 0 Å². The molecule has 0 aliphatic heterocycles. The second-order valence-corrected chi connectivity index (χ2v) is 2.69. The fourth-order valence-electron chi connectivity index (χ4n) is 1.19. The van der Waals surface area contributed by atoms with E-state index < -0.39 is 5.97 Å². The van der Waals surface area contributed by atoms with Crippen LogP contribution in [0.3, 0.4) is 0 Å². The number of hydrogen-bond acceptors (Lipinski definition) is 2. The standard InChI is InChI=1S/C10H7NO2.Ti/c12-10(13)9-6-5-7-3-1-2-4-8(7)11-9;/h1-6H,(H,12,13);. The van der Waals surface area contributed by atoms with E-state index >= 15 is 0 Å². The molecule has 1 N–H and O–H groups in total. The first-order valence-electron chi connectivity index (χ1n) is 3.86. The van der Waals surface area contributed by atoms with Crippen molar-refractivity contribution < 1.29 is 31.6 Å². The minimum absolute atomic E-state index is 0. The van der Waals surface area contributed by atoms with E-state index in [9.17, 15) is 4.79 Å². The number of aromatic carboxylic acids is 1. The molecule has 68 valence electrons. The number of pyridine rings is 1. The first-order valence-corrected chi connectivity index (χ1v) is 3.86. The van der Waals surface area contributed by atoms with E-state index in [1.807, 2.05) is 18.2 Å². The van der Waals surface area contributed by atoms with Crippen LogP contribution in [0, 0.1) is 0 Å². The number of rotatable bonds is 1. The number of carboxylic acid groups (broad SMARTS) is 1. The van der Waals surface area contributed by atoms with Gasteiger partial charge >= 0.3 is 5.97 Å². The molecule has 1 heterocycles. The van der Waals surface area contributed by atoms with Gasteiger partial charge in [0, 0.05) is 27.1 Å². The van der Waals surface area contributed by atoms with E-state index in [-0.39, 0.29) is 27.4 Å². The Kier molecular flexibility index (Phi) is 3.39. The Labute approximate surface area is 95.7 Å². The smallest absolute Gasteiger partial charge is 0.354 e. The molecule has 0 bridgehead atoms. The number of aromatic nitrogens is 1. The molecule has 0 saturated carbocycles. The average molecular weight is 221 g/mol. The summed E-state index contributed by atoms with van der Waals surface area (Å²) in [5.41, 5.74) is 0.793. The number of carboxylic acids is 1. The molecular formula is C10H7NO2Ti. The summed E-state index contributed by atoms with van der Waals surface area (Å²) in [5, 5.41) is 9.63. The van der Waals surface area contributed by atoms with E-state index in [2.05, 4.69) is 4.98 Å². The summed E-state index contributed by atoms with van der Waals surface area (Å²) in [5.74, 6) is -0.995. The van der Waals surface area contributed by atoms with E-state index in [1.165, 1.54) is 6.07 Å². The Morgan fingerprint density at radius 3 is 2.57 bits per heavy atom. The van der Waals surface area contributed by atoms with E-state index in [1.54, 1.807) is 12.1 Å². The molecular weight excluding hydrogens is 214 g/mol. The van der Waals surface area contributed by atoms with Crippen molar-refractivity contribution in [1.82, 2.24) is 4.98 Å². The van der Waals surface area contributed by atoms with Gasteiger partial charge in [-0.25, -0.2) is 9.78 Å². The molecule has 3 nitrogen and oxygen atoms in total. The van der Waals surface area contributed by atoms with Gasteiger partial charge in [-0.15, -0.1) is 0 Å². The normalized spacial score (nSPS) is 9.43. The van der Waals surface area contributed by atoms with Crippen LogP contribution in [0.25, 0.3) is 10.9 Å². The predicted molar refractivity (Wildman–Crippen MR) is 48.7 cm³/mol. The molecule has 0 atom stereocenters. The predicted octanol–water partition coefficient (Wildman–Crippen LogP) is 1.93. The minimum atomic E-state index is -0.995. The van der Waals surface area contributed by atoms with Gasteiger partial charge in [0.2, 0.25) is 0 Å². The van der Waals surface area contributed by atoms with Crippen molar-refractivity contribution in [2.24, 2.45) is 0 Å². The number of nitrogens with zero attached hydrogens (tertiary/aromatic N) is 1. The number of para-hydroxylation sites is 1. The fraction of sp³-hybridized carbons (Fsp3) is 0. The number of carbonyl (C=O) groups is 1. The van der Waals surface area contributed by atoms with E-state index in [4.69, 9.17) is 5.11 Å². The summed E-state index contributed by atoms with van der Waals surface area (Å²) in [6.07, 6.45) is 0. The van der Waals surface area contributed by atoms with Crippen molar-refractivity contribution in [3.05, 3.63) is 42.1 Å². The molecule has 2 rings (SSSR count). The van der Waals surface area contributed by atoms with Crippen LogP contribution in [0.15, 0.2) is 36.4 Å². The molecule has 0 aliphatic rings. The van der Waals surface area contributed by atoms with Gasteiger partial charge in [0.05, 0.1) is 5.52 Å². The Morgan fingerprint density at radius 1 is 1.14 bits per heavy atom. The summed E-state index contributed by atoms with van der Waals surface area (Å²) in [6, 6.07) is 10.7. The van der Waals surface area contributed by atoms with Crippen LogP contribution in [0.1, 0.15) is 10.5 Å². The molecule has 14 heavy (non-hydrogen) atoms. The van der Waals surface area contributed by atoms with Gasteiger partial charge in [0.25, 0.3) is 0 Å². The quantitative estimate of drug-likeness (QED) is 0.748. The topological polar surface area (TPSA) is 50.2 Å². The van der Waals surface area contributed by atoms with Gasteiger partial charge in [-0.1, -0.05) is 24.3 Å². The molecule has 1 aromatic carbocycles. The SMILES string of the molecule is O=C(O)c1ccc2ccccc2n1.[Ti]. The summed E-state index contributed by atoms with van der Waals surface area (Å²) < 4.78 is 0. The van der Waals surface area contributed by atoms with Crippen LogP contribution >= 0.6 is 0 Å².